The predicted octanol–water partition coefficient (Wildman–Crippen LogP) is 4.23. The Bertz CT molecular complexity index is 846. The minimum Gasteiger partial charge on any atom is -0.354 e. The van der Waals surface area contributed by atoms with Gasteiger partial charge in [0.2, 0.25) is 5.91 Å². The zero-order valence-corrected chi connectivity index (χ0v) is 21.6. The Labute approximate surface area is 209 Å². The van der Waals surface area contributed by atoms with Crippen molar-refractivity contribution in [1.29, 1.82) is 0 Å². The molecular formula is C25H36IN5O. The number of piperidine rings is 1. The van der Waals surface area contributed by atoms with Crippen LogP contribution in [0.1, 0.15) is 37.8 Å². The number of carbonyl (C=O) groups excluding carboxylic acids is 1. The molecule has 1 fully saturated rings. The average Bonchev–Trinajstić information content (AvgIpc) is 2.79. The van der Waals surface area contributed by atoms with E-state index in [9.17, 15) is 4.79 Å². The third-order valence-corrected chi connectivity index (χ3v) is 5.61. The van der Waals surface area contributed by atoms with Gasteiger partial charge in [0, 0.05) is 50.9 Å². The number of likely N-dealkylation sites (tertiary alicyclic amines) is 1. The summed E-state index contributed by atoms with van der Waals surface area (Å²) in [5.74, 6) is 0.838. The maximum atomic E-state index is 11.8. The van der Waals surface area contributed by atoms with E-state index in [1.54, 1.807) is 0 Å². The van der Waals surface area contributed by atoms with Crippen molar-refractivity contribution in [3.8, 4) is 0 Å². The van der Waals surface area contributed by atoms with Crippen LogP contribution in [-0.4, -0.2) is 42.9 Å². The molecule has 0 aliphatic carbocycles. The van der Waals surface area contributed by atoms with Gasteiger partial charge in [-0.2, -0.15) is 0 Å². The van der Waals surface area contributed by atoms with Gasteiger partial charge in [0.15, 0.2) is 5.96 Å². The molecule has 2 aromatic carbocycles. The second-order valence-corrected chi connectivity index (χ2v) is 8.45. The van der Waals surface area contributed by atoms with E-state index in [-0.39, 0.29) is 35.8 Å². The Hall–Kier alpha value is -2.13. The van der Waals surface area contributed by atoms with Crippen molar-refractivity contribution >= 4 is 41.5 Å². The van der Waals surface area contributed by atoms with Gasteiger partial charge < -0.3 is 16.0 Å². The number of hydrogen-bond acceptors (Lipinski definition) is 3. The Morgan fingerprint density at radius 1 is 1.03 bits per heavy atom. The lowest BCUT2D eigenvalue weighted by Crippen LogP contribution is -2.48. The summed E-state index contributed by atoms with van der Waals surface area (Å²) in [6.45, 7) is 7.66. The van der Waals surface area contributed by atoms with Crippen molar-refractivity contribution in [2.45, 2.75) is 45.8 Å². The second-order valence-electron chi connectivity index (χ2n) is 8.45. The molecule has 0 atom stereocenters. The maximum absolute atomic E-state index is 11.8. The van der Waals surface area contributed by atoms with Crippen LogP contribution in [0.15, 0.2) is 59.6 Å². The molecule has 6 nitrogen and oxygen atoms in total. The summed E-state index contributed by atoms with van der Waals surface area (Å²) in [7, 11) is 1.81. The molecule has 1 heterocycles. The minimum atomic E-state index is -0.0269. The molecule has 2 aromatic rings. The van der Waals surface area contributed by atoms with Crippen molar-refractivity contribution in [3.63, 3.8) is 0 Å². The lowest BCUT2D eigenvalue weighted by Gasteiger charge is -2.33. The van der Waals surface area contributed by atoms with Crippen LogP contribution in [-0.2, 0) is 17.9 Å². The first-order valence-corrected chi connectivity index (χ1v) is 11.2. The van der Waals surface area contributed by atoms with Crippen LogP contribution >= 0.6 is 24.0 Å². The number of nitrogens with zero attached hydrogens (tertiary/aromatic N) is 2. The predicted molar refractivity (Wildman–Crippen MR) is 143 cm³/mol. The molecule has 0 radical (unpaired) electrons. The van der Waals surface area contributed by atoms with Crippen molar-refractivity contribution in [3.05, 3.63) is 65.7 Å². The highest BCUT2D eigenvalue weighted by Crippen LogP contribution is 2.14. The van der Waals surface area contributed by atoms with E-state index in [1.807, 2.05) is 45.2 Å². The van der Waals surface area contributed by atoms with Crippen molar-refractivity contribution in [1.82, 2.24) is 15.5 Å². The van der Waals surface area contributed by atoms with Gasteiger partial charge in [0.05, 0.1) is 0 Å². The summed E-state index contributed by atoms with van der Waals surface area (Å²) >= 11 is 0. The van der Waals surface area contributed by atoms with Crippen molar-refractivity contribution in [2.75, 3.05) is 25.5 Å². The number of hydrogen-bond donors (Lipinski definition) is 3. The number of rotatable bonds is 7. The number of nitrogens with one attached hydrogen (secondary N) is 3. The van der Waals surface area contributed by atoms with Gasteiger partial charge in [-0.05, 0) is 36.1 Å². The largest absolute Gasteiger partial charge is 0.354 e. The third-order valence-electron chi connectivity index (χ3n) is 5.61. The Morgan fingerprint density at radius 3 is 2.28 bits per heavy atom. The average molecular weight is 550 g/mol. The van der Waals surface area contributed by atoms with Crippen LogP contribution < -0.4 is 16.0 Å². The van der Waals surface area contributed by atoms with E-state index in [4.69, 9.17) is 0 Å². The molecule has 0 spiro atoms. The fraction of sp³-hybridized carbons (Fsp3) is 0.440. The second kappa shape index (κ2) is 13.4. The number of guanidine groups is 1. The van der Waals surface area contributed by atoms with Gasteiger partial charge >= 0.3 is 0 Å². The molecular weight excluding hydrogens is 513 g/mol. The Morgan fingerprint density at radius 2 is 1.69 bits per heavy atom. The molecule has 174 valence electrons. The lowest BCUT2D eigenvalue weighted by molar-refractivity contribution is -0.118. The van der Waals surface area contributed by atoms with Gasteiger partial charge in [0.1, 0.15) is 0 Å². The van der Waals surface area contributed by atoms with E-state index in [0.717, 1.165) is 49.7 Å². The highest BCUT2D eigenvalue weighted by atomic mass is 127. The van der Waals surface area contributed by atoms with Gasteiger partial charge in [-0.3, -0.25) is 14.7 Å². The molecule has 3 rings (SSSR count). The van der Waals surface area contributed by atoms with Crippen LogP contribution in [0.3, 0.4) is 0 Å². The highest BCUT2D eigenvalue weighted by molar-refractivity contribution is 14.0. The zero-order chi connectivity index (χ0) is 22.1. The lowest BCUT2D eigenvalue weighted by atomic mass is 10.0. The number of carbonyl (C=O) groups is 1. The van der Waals surface area contributed by atoms with E-state index in [2.05, 4.69) is 56.2 Å². The molecule has 0 aromatic heterocycles. The molecule has 0 bridgehead atoms. The number of halogens is 1. The first kappa shape index (κ1) is 26.1. The quantitative estimate of drug-likeness (QED) is 0.275. The topological polar surface area (TPSA) is 68.8 Å². The van der Waals surface area contributed by atoms with E-state index >= 15 is 0 Å². The smallest absolute Gasteiger partial charge is 0.226 e. The van der Waals surface area contributed by atoms with E-state index < -0.39 is 0 Å². The third kappa shape index (κ3) is 8.43. The number of benzene rings is 2. The molecule has 0 saturated carbocycles. The maximum Gasteiger partial charge on any atom is 0.226 e. The van der Waals surface area contributed by atoms with Crippen LogP contribution in [0.4, 0.5) is 5.69 Å². The molecule has 1 aliphatic rings. The summed E-state index contributed by atoms with van der Waals surface area (Å²) < 4.78 is 0. The van der Waals surface area contributed by atoms with Crippen molar-refractivity contribution in [2.24, 2.45) is 10.9 Å². The molecule has 1 saturated heterocycles. The first-order chi connectivity index (χ1) is 15.0. The summed E-state index contributed by atoms with van der Waals surface area (Å²) in [4.78, 5) is 18.7. The summed E-state index contributed by atoms with van der Waals surface area (Å²) in [6.07, 6.45) is 2.22. The molecule has 0 unspecified atom stereocenters. The first-order valence-electron chi connectivity index (χ1n) is 11.2. The standard InChI is InChI=1S/C25H35N5O.HI/c1-19(2)24(31)28-22-11-9-20(10-12-22)17-27-25(26-3)29-23-13-15-30(16-14-23)18-21-7-5-4-6-8-21;/h4-12,19,23H,13-18H2,1-3H3,(H,28,31)(H2,26,27,29);1H. The highest BCUT2D eigenvalue weighted by Gasteiger charge is 2.20. The van der Waals surface area contributed by atoms with Crippen LogP contribution in [0.5, 0.6) is 0 Å². The Kier molecular flexibility index (Phi) is 11.0. The summed E-state index contributed by atoms with van der Waals surface area (Å²) in [5, 5.41) is 9.88. The fourth-order valence-corrected chi connectivity index (χ4v) is 3.64. The normalized spacial score (nSPS) is 15.2. The van der Waals surface area contributed by atoms with Crippen LogP contribution in [0, 0.1) is 5.92 Å². The van der Waals surface area contributed by atoms with Gasteiger partial charge in [-0.1, -0.05) is 56.3 Å². The molecule has 32 heavy (non-hydrogen) atoms. The molecule has 3 N–H and O–H groups in total. The van der Waals surface area contributed by atoms with Crippen LogP contribution in [0.25, 0.3) is 0 Å². The molecule has 1 aliphatic heterocycles. The Balaban J connectivity index is 0.00000363. The fourth-order valence-electron chi connectivity index (χ4n) is 3.64. The number of aliphatic imine (C=N–C) groups is 1. The van der Waals surface area contributed by atoms with Crippen molar-refractivity contribution < 1.29 is 4.79 Å². The molecule has 7 heteroatoms. The van der Waals surface area contributed by atoms with Gasteiger partial charge in [-0.25, -0.2) is 0 Å². The minimum absolute atomic E-state index is 0. The zero-order valence-electron chi connectivity index (χ0n) is 19.3. The number of amides is 1. The van der Waals surface area contributed by atoms with E-state index in [1.165, 1.54) is 5.56 Å². The van der Waals surface area contributed by atoms with Gasteiger partial charge in [0.25, 0.3) is 0 Å². The van der Waals surface area contributed by atoms with Gasteiger partial charge in [-0.15, -0.1) is 24.0 Å². The molecule has 1 amide bonds. The monoisotopic (exact) mass is 549 g/mol. The van der Waals surface area contributed by atoms with Crippen LogP contribution in [0.2, 0.25) is 0 Å². The van der Waals surface area contributed by atoms with E-state index in [0.29, 0.717) is 12.6 Å². The summed E-state index contributed by atoms with van der Waals surface area (Å²) in [6, 6.07) is 19.0. The SMILES string of the molecule is CN=C(NCc1ccc(NC(=O)C(C)C)cc1)NC1CCN(Cc2ccccc2)CC1.I. The summed E-state index contributed by atoms with van der Waals surface area (Å²) in [5.41, 5.74) is 3.34. The number of anilines is 1.